The molecule has 0 atom stereocenters. The number of carboxylic acids is 1. The maximum Gasteiger partial charge on any atom is 1.00 e. The van der Waals surface area contributed by atoms with Crippen molar-refractivity contribution < 1.29 is 46.7 Å². The fourth-order valence-corrected chi connectivity index (χ4v) is 2.53. The van der Waals surface area contributed by atoms with Gasteiger partial charge < -0.3 is 19.5 Å². The Labute approximate surface area is 130 Å². The van der Waals surface area contributed by atoms with Crippen LogP contribution in [0.15, 0.2) is 0 Å². The van der Waals surface area contributed by atoms with Crippen molar-refractivity contribution >= 4 is 22.1 Å². The third-order valence-electron chi connectivity index (χ3n) is 2.19. The Balaban J connectivity index is 0.00000361. The standard InChI is InChI=1S/C10H18N2O6S.Li/c1-10(2,3)18-9(15)12-4-7(5-12)11-19(16,17)6-8(13)14;/h7,11H,4-6H2,1-3H3,(H,13,14);/q;+1/p-1. The Morgan fingerprint density at radius 2 is 1.85 bits per heavy atom. The molecule has 1 rings (SSSR count). The molecule has 1 amide bonds. The molecule has 0 unspecified atom stereocenters. The molecule has 8 nitrogen and oxygen atoms in total. The predicted octanol–water partition coefficient (Wildman–Crippen LogP) is -4.72. The summed E-state index contributed by atoms with van der Waals surface area (Å²) in [4.78, 5) is 23.1. The molecule has 10 heteroatoms. The van der Waals surface area contributed by atoms with E-state index in [9.17, 15) is 23.1 Å². The number of rotatable bonds is 4. The first-order valence-corrected chi connectivity index (χ1v) is 7.31. The molecule has 0 aromatic carbocycles. The quantitative estimate of drug-likeness (QED) is 0.521. The molecule has 1 aliphatic rings. The van der Waals surface area contributed by atoms with Gasteiger partial charge in [-0.1, -0.05) is 0 Å². The minimum atomic E-state index is -3.92. The van der Waals surface area contributed by atoms with E-state index in [0.717, 1.165) is 0 Å². The van der Waals surface area contributed by atoms with E-state index in [4.69, 9.17) is 4.74 Å². The van der Waals surface area contributed by atoms with Gasteiger partial charge in [-0.3, -0.25) is 0 Å². The van der Waals surface area contributed by atoms with Gasteiger partial charge in [0.2, 0.25) is 10.0 Å². The van der Waals surface area contributed by atoms with Crippen LogP contribution in [0, 0.1) is 0 Å². The number of ether oxygens (including phenoxy) is 1. The SMILES string of the molecule is CC(C)(C)OC(=O)N1CC(NS(=O)(=O)CC(=O)[O-])C1.[Li+]. The van der Waals surface area contributed by atoms with Gasteiger partial charge in [-0.05, 0) is 20.8 Å². The van der Waals surface area contributed by atoms with Gasteiger partial charge in [0.15, 0.2) is 0 Å². The predicted molar refractivity (Wildman–Crippen MR) is 63.5 cm³/mol. The average Bonchev–Trinajstić information content (AvgIpc) is 2.04. The molecule has 110 valence electrons. The van der Waals surface area contributed by atoms with Crippen LogP contribution in [0.2, 0.25) is 0 Å². The topological polar surface area (TPSA) is 116 Å². The van der Waals surface area contributed by atoms with Crippen LogP contribution in [0.1, 0.15) is 20.8 Å². The van der Waals surface area contributed by atoms with Crippen LogP contribution in [-0.4, -0.2) is 55.9 Å². The van der Waals surface area contributed by atoms with E-state index in [2.05, 4.69) is 4.72 Å². The van der Waals surface area contributed by atoms with E-state index in [-0.39, 0.29) is 32.0 Å². The molecule has 0 saturated carbocycles. The number of carboxylic acid groups (broad SMARTS) is 1. The molecule has 0 aromatic rings. The number of nitrogens with one attached hydrogen (secondary N) is 1. The van der Waals surface area contributed by atoms with Gasteiger partial charge in [-0.25, -0.2) is 17.9 Å². The van der Waals surface area contributed by atoms with Crippen molar-refractivity contribution in [3.8, 4) is 0 Å². The number of likely N-dealkylation sites (tertiary alicyclic amines) is 1. The third-order valence-corrected chi connectivity index (χ3v) is 3.50. The Bertz CT molecular complexity index is 467. The molecular formula is C10H17LiN2O6S. The number of hydrogen-bond acceptors (Lipinski definition) is 6. The largest absolute Gasteiger partial charge is 1.00 e. The van der Waals surface area contributed by atoms with Crippen molar-refractivity contribution in [1.29, 1.82) is 0 Å². The number of sulfonamides is 1. The number of aliphatic carboxylic acids is 1. The smallest absolute Gasteiger partial charge is 0.549 e. The summed E-state index contributed by atoms with van der Waals surface area (Å²) in [6.45, 7) is 5.49. The van der Waals surface area contributed by atoms with Gasteiger partial charge in [0, 0.05) is 13.1 Å². The maximum atomic E-state index is 11.6. The van der Waals surface area contributed by atoms with Crippen molar-refractivity contribution in [1.82, 2.24) is 9.62 Å². The van der Waals surface area contributed by atoms with E-state index in [0.29, 0.717) is 0 Å². The van der Waals surface area contributed by atoms with Crippen LogP contribution in [0.3, 0.4) is 0 Å². The summed E-state index contributed by atoms with van der Waals surface area (Å²) in [5.41, 5.74) is -0.614. The van der Waals surface area contributed by atoms with Crippen LogP contribution < -0.4 is 28.7 Å². The van der Waals surface area contributed by atoms with Crippen molar-refractivity contribution in [2.75, 3.05) is 18.8 Å². The first-order chi connectivity index (χ1) is 8.48. The Morgan fingerprint density at radius 3 is 2.25 bits per heavy atom. The number of carbonyl (C=O) groups is 2. The normalized spacial score (nSPS) is 16.1. The molecule has 1 saturated heterocycles. The molecule has 1 heterocycles. The summed E-state index contributed by atoms with van der Waals surface area (Å²) in [5.74, 6) is -2.76. The van der Waals surface area contributed by atoms with Crippen molar-refractivity contribution in [2.45, 2.75) is 32.4 Å². The van der Waals surface area contributed by atoms with Crippen molar-refractivity contribution in [2.24, 2.45) is 0 Å². The second-order valence-corrected chi connectivity index (χ2v) is 7.09. The fourth-order valence-electron chi connectivity index (χ4n) is 1.48. The zero-order valence-electron chi connectivity index (χ0n) is 12.0. The summed E-state index contributed by atoms with van der Waals surface area (Å²) >= 11 is 0. The van der Waals surface area contributed by atoms with E-state index in [1.165, 1.54) is 4.90 Å². The number of nitrogens with zero attached hydrogens (tertiary/aromatic N) is 1. The fraction of sp³-hybridized carbons (Fsp3) is 0.800. The van der Waals surface area contributed by atoms with Gasteiger partial charge in [0.25, 0.3) is 0 Å². The summed E-state index contributed by atoms with van der Waals surface area (Å²) in [5, 5.41) is 10.2. The van der Waals surface area contributed by atoms with E-state index in [1.807, 2.05) is 0 Å². The summed E-state index contributed by atoms with van der Waals surface area (Å²) < 4.78 is 29.8. The monoisotopic (exact) mass is 300 g/mol. The Morgan fingerprint density at radius 1 is 1.35 bits per heavy atom. The minimum Gasteiger partial charge on any atom is -0.549 e. The van der Waals surface area contributed by atoms with Gasteiger partial charge in [-0.15, -0.1) is 0 Å². The van der Waals surface area contributed by atoms with Crippen LogP contribution >= 0.6 is 0 Å². The van der Waals surface area contributed by atoms with Gasteiger partial charge in [0.05, 0.1) is 12.0 Å². The minimum absolute atomic E-state index is 0. The molecule has 20 heavy (non-hydrogen) atoms. The zero-order chi connectivity index (χ0) is 14.8. The summed E-state index contributed by atoms with van der Waals surface area (Å²) in [7, 11) is -3.92. The van der Waals surface area contributed by atoms with Crippen molar-refractivity contribution in [3.63, 3.8) is 0 Å². The van der Waals surface area contributed by atoms with Crippen LogP contribution in [-0.2, 0) is 19.6 Å². The molecule has 1 aliphatic heterocycles. The van der Waals surface area contributed by atoms with Crippen LogP contribution in [0.4, 0.5) is 4.79 Å². The molecular weight excluding hydrogens is 283 g/mol. The molecule has 0 aliphatic carbocycles. The molecule has 0 spiro atoms. The van der Waals surface area contributed by atoms with Gasteiger partial charge >= 0.3 is 25.0 Å². The van der Waals surface area contributed by atoms with E-state index >= 15 is 0 Å². The molecule has 0 aromatic heterocycles. The van der Waals surface area contributed by atoms with Crippen molar-refractivity contribution in [3.05, 3.63) is 0 Å². The first kappa shape index (κ1) is 19.2. The zero-order valence-corrected chi connectivity index (χ0v) is 12.8. The van der Waals surface area contributed by atoms with Gasteiger partial charge in [0.1, 0.15) is 11.4 Å². The summed E-state index contributed by atoms with van der Waals surface area (Å²) in [6.07, 6.45) is -0.525. The molecule has 1 N–H and O–H groups in total. The number of carbonyl (C=O) groups excluding carboxylic acids is 2. The van der Waals surface area contributed by atoms with Crippen LogP contribution in [0.5, 0.6) is 0 Å². The Hall–Kier alpha value is -0.753. The second kappa shape index (κ2) is 6.80. The number of amides is 1. The molecule has 0 bridgehead atoms. The average molecular weight is 300 g/mol. The number of hydrogen-bond donors (Lipinski definition) is 1. The van der Waals surface area contributed by atoms with Gasteiger partial charge in [-0.2, -0.15) is 0 Å². The third kappa shape index (κ3) is 6.61. The second-order valence-electron chi connectivity index (χ2n) is 5.33. The molecule has 0 radical (unpaired) electrons. The Kier molecular flexibility index (Phi) is 6.55. The maximum absolute atomic E-state index is 11.6. The molecule has 1 fully saturated rings. The van der Waals surface area contributed by atoms with Crippen LogP contribution in [0.25, 0.3) is 0 Å². The van der Waals surface area contributed by atoms with E-state index in [1.54, 1.807) is 20.8 Å². The summed E-state index contributed by atoms with van der Waals surface area (Å²) in [6, 6.07) is -0.489. The first-order valence-electron chi connectivity index (χ1n) is 5.66. The van der Waals surface area contributed by atoms with E-state index < -0.39 is 39.5 Å².